The summed E-state index contributed by atoms with van der Waals surface area (Å²) < 4.78 is 48.6. The lowest BCUT2D eigenvalue weighted by Crippen LogP contribution is -2.33. The maximum atomic E-state index is 12.7. The molecule has 0 radical (unpaired) electrons. The highest BCUT2D eigenvalue weighted by Crippen LogP contribution is 2.29. The molecule has 1 aliphatic carbocycles. The van der Waals surface area contributed by atoms with Crippen LogP contribution in [0.3, 0.4) is 0 Å². The number of anilines is 1. The van der Waals surface area contributed by atoms with Gasteiger partial charge in [0.05, 0.1) is 10.6 Å². The van der Waals surface area contributed by atoms with Crippen LogP contribution in [0, 0.1) is 0 Å². The fraction of sp³-hybridized carbons (Fsp3) is 0.538. The zero-order valence-electron chi connectivity index (χ0n) is 10.9. The van der Waals surface area contributed by atoms with Gasteiger partial charge in [0.2, 0.25) is 9.84 Å². The van der Waals surface area contributed by atoms with E-state index in [4.69, 9.17) is 5.73 Å². The summed E-state index contributed by atoms with van der Waals surface area (Å²) in [7, 11) is -4.59. The molecule has 0 aliphatic heterocycles. The summed E-state index contributed by atoms with van der Waals surface area (Å²) in [5.74, 6) is -3.41. The number of para-hydroxylation sites is 1. The first-order valence-electron chi connectivity index (χ1n) is 6.54. The average Bonchev–Trinajstić information content (AvgIpc) is 2.41. The van der Waals surface area contributed by atoms with Gasteiger partial charge in [0.15, 0.2) is 0 Å². The molecule has 2 rings (SSSR count). The van der Waals surface area contributed by atoms with Crippen LogP contribution in [0.2, 0.25) is 0 Å². The first-order chi connectivity index (χ1) is 9.41. The van der Waals surface area contributed by atoms with Crippen molar-refractivity contribution in [2.24, 2.45) is 5.73 Å². The van der Waals surface area contributed by atoms with Crippen molar-refractivity contribution >= 4 is 15.5 Å². The fourth-order valence-electron chi connectivity index (χ4n) is 2.41. The smallest absolute Gasteiger partial charge is 0.341 e. The number of hydrogen-bond acceptors (Lipinski definition) is 4. The van der Waals surface area contributed by atoms with Gasteiger partial charge < -0.3 is 11.1 Å². The molecule has 0 unspecified atom stereocenters. The normalized spacial score (nSPS) is 23.8. The number of alkyl halides is 2. The molecule has 112 valence electrons. The SMILES string of the molecule is NC1CCC(Nc2ccccc2S(=O)(=O)C(F)F)CC1. The molecule has 1 fully saturated rings. The van der Waals surface area contributed by atoms with Crippen LogP contribution >= 0.6 is 0 Å². The lowest BCUT2D eigenvalue weighted by Gasteiger charge is -2.28. The molecule has 1 aromatic carbocycles. The van der Waals surface area contributed by atoms with Gasteiger partial charge in [-0.05, 0) is 37.8 Å². The van der Waals surface area contributed by atoms with E-state index in [-0.39, 0.29) is 22.7 Å². The van der Waals surface area contributed by atoms with Gasteiger partial charge in [0.1, 0.15) is 0 Å². The van der Waals surface area contributed by atoms with Gasteiger partial charge in [0.25, 0.3) is 0 Å². The number of nitrogens with one attached hydrogen (secondary N) is 1. The molecule has 0 saturated heterocycles. The number of rotatable bonds is 4. The first-order valence-corrected chi connectivity index (χ1v) is 8.09. The minimum absolute atomic E-state index is 0.0730. The molecule has 0 aromatic heterocycles. The van der Waals surface area contributed by atoms with E-state index in [1.165, 1.54) is 18.2 Å². The monoisotopic (exact) mass is 304 g/mol. The van der Waals surface area contributed by atoms with Crippen LogP contribution in [0.25, 0.3) is 0 Å². The van der Waals surface area contributed by atoms with Crippen LogP contribution < -0.4 is 11.1 Å². The van der Waals surface area contributed by atoms with E-state index >= 15 is 0 Å². The molecule has 0 amide bonds. The topological polar surface area (TPSA) is 72.2 Å². The third-order valence-electron chi connectivity index (χ3n) is 3.56. The minimum Gasteiger partial charge on any atom is -0.381 e. The standard InChI is InChI=1S/C13H18F2N2O2S/c14-13(15)20(18,19)12-4-2-1-3-11(12)17-10-7-5-9(16)6-8-10/h1-4,9-10,13,17H,5-8,16H2. The van der Waals surface area contributed by atoms with Crippen LogP contribution in [-0.4, -0.2) is 26.3 Å². The molecule has 1 saturated carbocycles. The quantitative estimate of drug-likeness (QED) is 0.895. The number of benzene rings is 1. The van der Waals surface area contributed by atoms with Gasteiger partial charge in [-0.25, -0.2) is 8.42 Å². The molecular formula is C13H18F2N2O2S. The van der Waals surface area contributed by atoms with Crippen molar-refractivity contribution in [2.45, 2.75) is 48.4 Å². The average molecular weight is 304 g/mol. The van der Waals surface area contributed by atoms with E-state index in [1.807, 2.05) is 0 Å². The molecule has 7 heteroatoms. The minimum atomic E-state index is -4.59. The summed E-state index contributed by atoms with van der Waals surface area (Å²) in [5, 5.41) is 3.06. The number of halogens is 2. The van der Waals surface area contributed by atoms with Gasteiger partial charge in [-0.15, -0.1) is 0 Å². The van der Waals surface area contributed by atoms with Gasteiger partial charge in [-0.3, -0.25) is 0 Å². The van der Waals surface area contributed by atoms with E-state index in [9.17, 15) is 17.2 Å². The Labute approximate surface area is 117 Å². The van der Waals surface area contributed by atoms with E-state index in [2.05, 4.69) is 5.32 Å². The van der Waals surface area contributed by atoms with E-state index in [0.717, 1.165) is 25.7 Å². The Morgan fingerprint density at radius 3 is 2.35 bits per heavy atom. The Morgan fingerprint density at radius 1 is 1.15 bits per heavy atom. The van der Waals surface area contributed by atoms with Gasteiger partial charge in [-0.2, -0.15) is 8.78 Å². The zero-order chi connectivity index (χ0) is 14.8. The summed E-state index contributed by atoms with van der Waals surface area (Å²) in [4.78, 5) is -0.343. The van der Waals surface area contributed by atoms with Gasteiger partial charge in [0, 0.05) is 12.1 Å². The molecule has 3 N–H and O–H groups in total. The lowest BCUT2D eigenvalue weighted by atomic mass is 9.92. The highest BCUT2D eigenvalue weighted by atomic mass is 32.2. The van der Waals surface area contributed by atoms with Crippen LogP contribution in [0.4, 0.5) is 14.5 Å². The molecule has 4 nitrogen and oxygen atoms in total. The Morgan fingerprint density at radius 2 is 1.75 bits per heavy atom. The van der Waals surface area contributed by atoms with Crippen molar-refractivity contribution in [3.05, 3.63) is 24.3 Å². The Hall–Kier alpha value is -1.21. The van der Waals surface area contributed by atoms with Gasteiger partial charge in [-0.1, -0.05) is 12.1 Å². The van der Waals surface area contributed by atoms with Gasteiger partial charge >= 0.3 is 5.76 Å². The predicted octanol–water partition coefficient (Wildman–Crippen LogP) is 2.36. The second-order valence-electron chi connectivity index (χ2n) is 5.06. The maximum absolute atomic E-state index is 12.7. The van der Waals surface area contributed by atoms with Crippen LogP contribution in [0.5, 0.6) is 0 Å². The predicted molar refractivity (Wildman–Crippen MR) is 73.5 cm³/mol. The molecular weight excluding hydrogens is 286 g/mol. The fourth-order valence-corrected chi connectivity index (χ4v) is 3.31. The Balaban J connectivity index is 2.21. The van der Waals surface area contributed by atoms with Crippen molar-refractivity contribution in [3.63, 3.8) is 0 Å². The largest absolute Gasteiger partial charge is 0.381 e. The summed E-state index contributed by atoms with van der Waals surface area (Å²) >= 11 is 0. The Bertz CT molecular complexity index is 555. The number of hydrogen-bond donors (Lipinski definition) is 2. The molecule has 20 heavy (non-hydrogen) atoms. The molecule has 1 aliphatic rings. The molecule has 0 bridgehead atoms. The summed E-state index contributed by atoms with van der Waals surface area (Å²) in [6, 6.07) is 6.04. The molecule has 0 heterocycles. The second kappa shape index (κ2) is 6.05. The summed E-state index contributed by atoms with van der Waals surface area (Å²) in [6.45, 7) is 0. The van der Waals surface area contributed by atoms with Crippen molar-refractivity contribution in [1.29, 1.82) is 0 Å². The second-order valence-corrected chi connectivity index (χ2v) is 6.94. The van der Waals surface area contributed by atoms with Crippen LogP contribution in [0.15, 0.2) is 29.2 Å². The maximum Gasteiger partial charge on any atom is 0.341 e. The van der Waals surface area contributed by atoms with Crippen LogP contribution in [-0.2, 0) is 9.84 Å². The highest BCUT2D eigenvalue weighted by molar-refractivity contribution is 7.91. The lowest BCUT2D eigenvalue weighted by molar-refractivity contribution is 0.235. The van der Waals surface area contributed by atoms with Crippen molar-refractivity contribution in [2.75, 3.05) is 5.32 Å². The van der Waals surface area contributed by atoms with E-state index < -0.39 is 15.6 Å². The number of sulfone groups is 1. The molecule has 0 atom stereocenters. The van der Waals surface area contributed by atoms with Crippen molar-refractivity contribution in [1.82, 2.24) is 0 Å². The molecule has 1 aromatic rings. The van der Waals surface area contributed by atoms with Crippen molar-refractivity contribution in [3.8, 4) is 0 Å². The van der Waals surface area contributed by atoms with E-state index in [1.54, 1.807) is 6.07 Å². The number of nitrogens with two attached hydrogens (primary N) is 1. The van der Waals surface area contributed by atoms with Crippen molar-refractivity contribution < 1.29 is 17.2 Å². The van der Waals surface area contributed by atoms with Crippen LogP contribution in [0.1, 0.15) is 25.7 Å². The Kier molecular flexibility index (Phi) is 4.59. The summed E-state index contributed by atoms with van der Waals surface area (Å²) in [6.07, 6.45) is 3.32. The highest BCUT2D eigenvalue weighted by Gasteiger charge is 2.30. The molecule has 0 spiro atoms. The summed E-state index contributed by atoms with van der Waals surface area (Å²) in [5.41, 5.74) is 6.05. The zero-order valence-corrected chi connectivity index (χ0v) is 11.7. The third-order valence-corrected chi connectivity index (χ3v) is 5.00. The third kappa shape index (κ3) is 3.27. The van der Waals surface area contributed by atoms with E-state index in [0.29, 0.717) is 0 Å². The first kappa shape index (κ1) is 15.2.